The van der Waals surface area contributed by atoms with E-state index in [0.29, 0.717) is 0 Å². The zero-order valence-corrected chi connectivity index (χ0v) is 11.2. The maximum Gasteiger partial charge on any atom is 0.0415 e. The van der Waals surface area contributed by atoms with Gasteiger partial charge in [0.15, 0.2) is 0 Å². The van der Waals surface area contributed by atoms with E-state index in [0.717, 1.165) is 19.1 Å². The Labute approximate surface area is 110 Å². The van der Waals surface area contributed by atoms with Gasteiger partial charge in [0.2, 0.25) is 0 Å². The Morgan fingerprint density at radius 1 is 1.11 bits per heavy atom. The van der Waals surface area contributed by atoms with Gasteiger partial charge in [-0.1, -0.05) is 18.2 Å². The molecule has 1 atom stereocenters. The smallest absolute Gasteiger partial charge is 0.0415 e. The molecule has 0 bridgehead atoms. The van der Waals surface area contributed by atoms with Crippen molar-refractivity contribution in [3.05, 3.63) is 29.8 Å². The molecule has 1 aliphatic heterocycles. The first-order valence-electron chi connectivity index (χ1n) is 7.09. The van der Waals surface area contributed by atoms with Crippen LogP contribution >= 0.6 is 0 Å². The molecule has 0 radical (unpaired) electrons. The molecule has 2 aliphatic rings. The van der Waals surface area contributed by atoms with Crippen molar-refractivity contribution < 1.29 is 0 Å². The Bertz CT molecular complexity index is 404. The van der Waals surface area contributed by atoms with Crippen LogP contribution in [0.15, 0.2) is 24.3 Å². The van der Waals surface area contributed by atoms with Crippen LogP contribution in [0, 0.1) is 0 Å². The largest absolute Gasteiger partial charge is 0.369 e. The predicted molar refractivity (Wildman–Crippen MR) is 75.9 cm³/mol. The molecule has 0 amide bonds. The molecule has 2 N–H and O–H groups in total. The molecule has 1 aromatic carbocycles. The first-order valence-corrected chi connectivity index (χ1v) is 7.09. The number of piperazine rings is 1. The lowest BCUT2D eigenvalue weighted by molar-refractivity contribution is 0.248. The van der Waals surface area contributed by atoms with Crippen molar-refractivity contribution in [3.8, 4) is 0 Å². The lowest BCUT2D eigenvalue weighted by Crippen LogP contribution is -2.47. The number of para-hydroxylation sites is 1. The molecular weight excluding hydrogens is 222 g/mol. The summed E-state index contributed by atoms with van der Waals surface area (Å²) in [5.41, 5.74) is 8.68. The van der Waals surface area contributed by atoms with E-state index in [1.54, 1.807) is 0 Å². The summed E-state index contributed by atoms with van der Waals surface area (Å²) in [6, 6.07) is 9.59. The summed E-state index contributed by atoms with van der Waals surface area (Å²) in [6.45, 7) is 6.76. The van der Waals surface area contributed by atoms with E-state index in [1.165, 1.54) is 37.2 Å². The molecule has 0 spiro atoms. The van der Waals surface area contributed by atoms with Crippen molar-refractivity contribution in [1.29, 1.82) is 0 Å². The normalized spacial score (nSPS) is 23.1. The highest BCUT2D eigenvalue weighted by Crippen LogP contribution is 2.30. The Balaban J connectivity index is 1.71. The van der Waals surface area contributed by atoms with E-state index in [9.17, 15) is 0 Å². The molecular formula is C15H23N3. The van der Waals surface area contributed by atoms with Gasteiger partial charge in [-0.05, 0) is 31.4 Å². The summed E-state index contributed by atoms with van der Waals surface area (Å²) in [4.78, 5) is 5.14. The third kappa shape index (κ3) is 2.38. The second-order valence-corrected chi connectivity index (χ2v) is 5.60. The molecule has 3 nitrogen and oxygen atoms in total. The molecule has 0 unspecified atom stereocenters. The van der Waals surface area contributed by atoms with Crippen LogP contribution in [0.1, 0.15) is 31.4 Å². The van der Waals surface area contributed by atoms with Crippen molar-refractivity contribution in [1.82, 2.24) is 4.90 Å². The Hall–Kier alpha value is -1.06. The van der Waals surface area contributed by atoms with Gasteiger partial charge < -0.3 is 10.6 Å². The summed E-state index contributed by atoms with van der Waals surface area (Å²) in [5, 5.41) is 0. The van der Waals surface area contributed by atoms with Crippen molar-refractivity contribution in [2.75, 3.05) is 31.1 Å². The lowest BCUT2D eigenvalue weighted by Gasteiger charge is -2.37. The number of hydrogen-bond acceptors (Lipinski definition) is 3. The first kappa shape index (κ1) is 12.0. The molecule has 2 fully saturated rings. The second-order valence-electron chi connectivity index (χ2n) is 5.60. The van der Waals surface area contributed by atoms with Gasteiger partial charge in [-0.15, -0.1) is 0 Å². The fourth-order valence-electron chi connectivity index (χ4n) is 2.93. The number of nitrogens with zero attached hydrogens (tertiary/aromatic N) is 2. The van der Waals surface area contributed by atoms with Crippen LogP contribution in [0.5, 0.6) is 0 Å². The van der Waals surface area contributed by atoms with E-state index in [4.69, 9.17) is 5.73 Å². The molecule has 0 aromatic heterocycles. The maximum absolute atomic E-state index is 6.07. The molecule has 1 heterocycles. The Kier molecular flexibility index (Phi) is 3.27. The van der Waals surface area contributed by atoms with Crippen LogP contribution in [-0.4, -0.2) is 37.1 Å². The third-order valence-corrected chi connectivity index (χ3v) is 4.15. The topological polar surface area (TPSA) is 32.5 Å². The first-order chi connectivity index (χ1) is 8.75. The highest BCUT2D eigenvalue weighted by atomic mass is 15.3. The molecule has 18 heavy (non-hydrogen) atoms. The zero-order valence-electron chi connectivity index (χ0n) is 11.2. The fraction of sp³-hybridized carbons (Fsp3) is 0.600. The van der Waals surface area contributed by atoms with Crippen LogP contribution in [0.4, 0.5) is 5.69 Å². The molecule has 1 aliphatic carbocycles. The molecule has 3 heteroatoms. The van der Waals surface area contributed by atoms with Gasteiger partial charge in [-0.2, -0.15) is 0 Å². The summed E-state index contributed by atoms with van der Waals surface area (Å²) in [6.07, 6.45) is 2.83. The van der Waals surface area contributed by atoms with Gasteiger partial charge in [-0.25, -0.2) is 0 Å². The number of rotatable bonds is 3. The summed E-state index contributed by atoms with van der Waals surface area (Å²) in [5.74, 6) is 0. The minimum atomic E-state index is 0.114. The molecule has 98 valence electrons. The lowest BCUT2D eigenvalue weighted by atomic mass is 10.1. The quantitative estimate of drug-likeness (QED) is 0.884. The van der Waals surface area contributed by atoms with E-state index in [1.807, 2.05) is 0 Å². The Morgan fingerprint density at radius 3 is 2.39 bits per heavy atom. The maximum atomic E-state index is 6.07. The van der Waals surface area contributed by atoms with Crippen LogP contribution in [0.3, 0.4) is 0 Å². The van der Waals surface area contributed by atoms with Gasteiger partial charge in [0.05, 0.1) is 0 Å². The van der Waals surface area contributed by atoms with Gasteiger partial charge in [0.1, 0.15) is 0 Å². The average molecular weight is 245 g/mol. The van der Waals surface area contributed by atoms with Crippen LogP contribution in [-0.2, 0) is 0 Å². The second kappa shape index (κ2) is 4.90. The van der Waals surface area contributed by atoms with Crippen molar-refractivity contribution in [3.63, 3.8) is 0 Å². The van der Waals surface area contributed by atoms with Gasteiger partial charge in [0.25, 0.3) is 0 Å². The highest BCUT2D eigenvalue weighted by molar-refractivity contribution is 5.55. The van der Waals surface area contributed by atoms with Crippen LogP contribution in [0.2, 0.25) is 0 Å². The number of benzene rings is 1. The van der Waals surface area contributed by atoms with E-state index < -0.39 is 0 Å². The third-order valence-electron chi connectivity index (χ3n) is 4.15. The average Bonchev–Trinajstić information content (AvgIpc) is 3.23. The SMILES string of the molecule is C[C@@H](N)c1ccccc1N1CCN(C2CC2)CC1. The number of anilines is 1. The minimum absolute atomic E-state index is 0.114. The van der Waals surface area contributed by atoms with Crippen LogP contribution < -0.4 is 10.6 Å². The van der Waals surface area contributed by atoms with Crippen molar-refractivity contribution in [2.45, 2.75) is 31.8 Å². The number of hydrogen-bond donors (Lipinski definition) is 1. The molecule has 1 saturated carbocycles. The number of nitrogens with two attached hydrogens (primary N) is 1. The van der Waals surface area contributed by atoms with Crippen LogP contribution in [0.25, 0.3) is 0 Å². The molecule has 1 saturated heterocycles. The van der Waals surface area contributed by atoms with E-state index >= 15 is 0 Å². The standard InChI is InChI=1S/C15H23N3/c1-12(16)14-4-2-3-5-15(14)18-10-8-17(9-11-18)13-6-7-13/h2-5,12-13H,6-11,16H2,1H3/t12-/m1/s1. The van der Waals surface area contributed by atoms with Gasteiger partial charge in [0, 0.05) is 44.0 Å². The molecule has 3 rings (SSSR count). The van der Waals surface area contributed by atoms with E-state index in [-0.39, 0.29) is 6.04 Å². The van der Waals surface area contributed by atoms with Gasteiger partial charge >= 0.3 is 0 Å². The predicted octanol–water partition coefficient (Wildman–Crippen LogP) is 1.99. The zero-order chi connectivity index (χ0) is 12.5. The highest BCUT2D eigenvalue weighted by Gasteiger charge is 2.31. The monoisotopic (exact) mass is 245 g/mol. The van der Waals surface area contributed by atoms with E-state index in [2.05, 4.69) is 41.0 Å². The molecule has 1 aromatic rings. The fourth-order valence-corrected chi connectivity index (χ4v) is 2.93. The summed E-state index contributed by atoms with van der Waals surface area (Å²) < 4.78 is 0. The van der Waals surface area contributed by atoms with Crippen molar-refractivity contribution >= 4 is 5.69 Å². The summed E-state index contributed by atoms with van der Waals surface area (Å²) >= 11 is 0. The summed E-state index contributed by atoms with van der Waals surface area (Å²) in [7, 11) is 0. The van der Waals surface area contributed by atoms with Crippen molar-refractivity contribution in [2.24, 2.45) is 5.73 Å². The Morgan fingerprint density at radius 2 is 1.78 bits per heavy atom. The minimum Gasteiger partial charge on any atom is -0.369 e. The van der Waals surface area contributed by atoms with Gasteiger partial charge in [-0.3, -0.25) is 4.90 Å².